The van der Waals surface area contributed by atoms with Crippen molar-refractivity contribution in [1.82, 2.24) is 4.98 Å². The van der Waals surface area contributed by atoms with Gasteiger partial charge in [0.1, 0.15) is 0 Å². The molecule has 2 heterocycles. The van der Waals surface area contributed by atoms with Crippen molar-refractivity contribution in [3.05, 3.63) is 23.9 Å². The maximum absolute atomic E-state index is 8.22. The van der Waals surface area contributed by atoms with Crippen molar-refractivity contribution in [2.45, 2.75) is 58.5 Å². The van der Waals surface area contributed by atoms with Crippen LogP contribution in [0.3, 0.4) is 0 Å². The smallest absolute Gasteiger partial charge is 0.398 e. The second kappa shape index (κ2) is 4.35. The maximum atomic E-state index is 8.22. The number of pyridine rings is 1. The van der Waals surface area contributed by atoms with Crippen LogP contribution in [0.1, 0.15) is 62.6 Å². The highest BCUT2D eigenvalue weighted by Gasteiger charge is 2.52. The average molecular weight is 254 g/mol. The predicted molar refractivity (Wildman–Crippen MR) is 74.0 cm³/mol. The minimum absolute atomic E-state index is 0.237. The van der Waals surface area contributed by atoms with E-state index in [2.05, 4.69) is 4.98 Å². The molecule has 0 unspecified atom stereocenters. The van der Waals surface area contributed by atoms with Crippen molar-refractivity contribution in [1.29, 1.82) is 0 Å². The third-order valence-corrected chi connectivity index (χ3v) is 3.52. The lowest BCUT2D eigenvalue weighted by atomic mass is 9.84. The Bertz CT molecular complexity index is 627. The summed E-state index contributed by atoms with van der Waals surface area (Å²) in [5.41, 5.74) is -1.37. The van der Waals surface area contributed by atoms with Gasteiger partial charge in [-0.1, -0.05) is 19.8 Å². The highest BCUT2D eigenvalue weighted by Crippen LogP contribution is 2.36. The van der Waals surface area contributed by atoms with Gasteiger partial charge < -0.3 is 9.31 Å². The zero-order valence-corrected chi connectivity index (χ0v) is 11.1. The SMILES string of the molecule is [2H]C([2H])([2H])C([2H])(c1cccc(B2OC(C)(C)C(C)(C)O2)n1)C([2H])([2H])[2H]. The first-order valence-electron chi connectivity index (χ1n) is 9.36. The average Bonchev–Trinajstić information content (AvgIpc) is 2.64. The lowest BCUT2D eigenvalue weighted by Gasteiger charge is -2.32. The van der Waals surface area contributed by atoms with Gasteiger partial charge >= 0.3 is 7.12 Å². The van der Waals surface area contributed by atoms with Gasteiger partial charge in [0.25, 0.3) is 0 Å². The van der Waals surface area contributed by atoms with Crippen LogP contribution in [-0.2, 0) is 9.31 Å². The third kappa shape index (κ3) is 2.32. The van der Waals surface area contributed by atoms with Gasteiger partial charge in [-0.3, -0.25) is 4.98 Å². The fourth-order valence-corrected chi connectivity index (χ4v) is 1.69. The predicted octanol–water partition coefficient (Wildman–Crippen LogP) is 2.50. The van der Waals surface area contributed by atoms with Gasteiger partial charge in [0.2, 0.25) is 0 Å². The number of nitrogens with zero attached hydrogens (tertiary/aromatic N) is 1. The molecule has 98 valence electrons. The zero-order valence-electron chi connectivity index (χ0n) is 18.1. The fraction of sp³-hybridized carbons (Fsp3) is 0.643. The molecule has 0 radical (unpaired) electrons. The summed E-state index contributed by atoms with van der Waals surface area (Å²) < 4.78 is 65.4. The van der Waals surface area contributed by atoms with Crippen LogP contribution >= 0.6 is 0 Å². The largest absolute Gasteiger partial charge is 0.514 e. The van der Waals surface area contributed by atoms with Crippen LogP contribution < -0.4 is 5.59 Å². The number of hydrogen-bond acceptors (Lipinski definition) is 3. The van der Waals surface area contributed by atoms with Crippen molar-refractivity contribution in [2.24, 2.45) is 0 Å². The number of hydrogen-bond donors (Lipinski definition) is 0. The van der Waals surface area contributed by atoms with Crippen molar-refractivity contribution < 1.29 is 18.9 Å². The van der Waals surface area contributed by atoms with Crippen LogP contribution in [0.5, 0.6) is 0 Å². The van der Waals surface area contributed by atoms with Crippen LogP contribution in [0.25, 0.3) is 0 Å². The summed E-state index contributed by atoms with van der Waals surface area (Å²) >= 11 is 0. The van der Waals surface area contributed by atoms with Crippen molar-refractivity contribution in [2.75, 3.05) is 0 Å². The molecular weight excluding hydrogens is 225 g/mol. The lowest BCUT2D eigenvalue weighted by molar-refractivity contribution is 0.00578. The van der Waals surface area contributed by atoms with E-state index in [9.17, 15) is 0 Å². The Labute approximate surface area is 120 Å². The normalized spacial score (nSPS) is 29.3. The monoisotopic (exact) mass is 254 g/mol. The minimum atomic E-state index is -3.08. The summed E-state index contributed by atoms with van der Waals surface area (Å²) in [6.45, 7) is 1.26. The third-order valence-electron chi connectivity index (χ3n) is 3.52. The Balaban J connectivity index is 2.49. The van der Waals surface area contributed by atoms with Crippen LogP contribution in [0.4, 0.5) is 0 Å². The van der Waals surface area contributed by atoms with Crippen LogP contribution in [0.15, 0.2) is 18.2 Å². The Hall–Kier alpha value is -0.865. The highest BCUT2D eigenvalue weighted by atomic mass is 16.7. The molecule has 2 rings (SSSR count). The molecule has 0 bridgehead atoms. The zero-order chi connectivity index (χ0) is 19.5. The molecule has 0 aliphatic carbocycles. The van der Waals surface area contributed by atoms with E-state index >= 15 is 0 Å². The molecule has 1 aromatic heterocycles. The summed E-state index contributed by atoms with van der Waals surface area (Å²) in [6.07, 6.45) is 0. The van der Waals surface area contributed by atoms with E-state index in [0.29, 0.717) is 0 Å². The minimum Gasteiger partial charge on any atom is -0.398 e. The molecule has 0 saturated carbocycles. The van der Waals surface area contributed by atoms with Gasteiger partial charge in [-0.25, -0.2) is 0 Å². The molecule has 4 heteroatoms. The molecular formula is C14H22BNO2. The van der Waals surface area contributed by atoms with E-state index in [1.165, 1.54) is 12.1 Å². The molecule has 0 atom stereocenters. The van der Waals surface area contributed by atoms with Crippen molar-refractivity contribution in [3.63, 3.8) is 0 Å². The van der Waals surface area contributed by atoms with Gasteiger partial charge in [-0.15, -0.1) is 0 Å². The standard InChI is InChI=1S/C14H22BNO2/c1-10(2)11-8-7-9-12(16-11)15-17-13(3,4)14(5,6)18-15/h7-10H,1-6H3/i1D3,2D3,10D. The topological polar surface area (TPSA) is 31.4 Å². The molecule has 1 fully saturated rings. The van der Waals surface area contributed by atoms with Gasteiger partial charge in [-0.05, 0) is 45.7 Å². The van der Waals surface area contributed by atoms with Crippen molar-refractivity contribution >= 4 is 12.7 Å². The second-order valence-corrected chi connectivity index (χ2v) is 5.41. The van der Waals surface area contributed by atoms with E-state index in [-0.39, 0.29) is 11.3 Å². The Morgan fingerprint density at radius 3 is 2.39 bits per heavy atom. The molecule has 0 spiro atoms. The van der Waals surface area contributed by atoms with Crippen LogP contribution in [0.2, 0.25) is 0 Å². The molecule has 0 amide bonds. The molecule has 3 nitrogen and oxygen atoms in total. The lowest BCUT2D eigenvalue weighted by Crippen LogP contribution is -2.41. The quantitative estimate of drug-likeness (QED) is 0.760. The maximum Gasteiger partial charge on any atom is 0.514 e. The van der Waals surface area contributed by atoms with E-state index in [1.807, 2.05) is 27.7 Å². The summed E-state index contributed by atoms with van der Waals surface area (Å²) in [5.74, 6) is -2.85. The van der Waals surface area contributed by atoms with Gasteiger partial charge in [0.15, 0.2) is 0 Å². The highest BCUT2D eigenvalue weighted by molar-refractivity contribution is 6.61. The molecule has 1 saturated heterocycles. The summed E-state index contributed by atoms with van der Waals surface area (Å²) in [7, 11) is -0.873. The first kappa shape index (κ1) is 7.06. The second-order valence-electron chi connectivity index (χ2n) is 5.41. The Kier molecular flexibility index (Phi) is 1.71. The number of rotatable bonds is 2. The van der Waals surface area contributed by atoms with E-state index < -0.39 is 37.9 Å². The van der Waals surface area contributed by atoms with Gasteiger partial charge in [0, 0.05) is 15.3 Å². The molecule has 1 aliphatic heterocycles. The van der Waals surface area contributed by atoms with Crippen molar-refractivity contribution in [3.8, 4) is 0 Å². The first-order chi connectivity index (χ1) is 11.0. The van der Waals surface area contributed by atoms with Gasteiger partial charge in [0.05, 0.1) is 16.8 Å². The van der Waals surface area contributed by atoms with E-state index in [0.717, 1.165) is 0 Å². The fourth-order valence-electron chi connectivity index (χ4n) is 1.69. The summed E-state index contributed by atoms with van der Waals surface area (Å²) in [4.78, 5) is 4.13. The molecule has 0 aromatic carbocycles. The molecule has 1 aliphatic rings. The van der Waals surface area contributed by atoms with E-state index in [4.69, 9.17) is 18.9 Å². The number of aromatic nitrogens is 1. The Morgan fingerprint density at radius 1 is 1.22 bits per heavy atom. The molecule has 0 N–H and O–H groups in total. The van der Waals surface area contributed by atoms with Crippen LogP contribution in [0, 0.1) is 0 Å². The van der Waals surface area contributed by atoms with Gasteiger partial charge in [-0.2, -0.15) is 0 Å². The Morgan fingerprint density at radius 2 is 1.83 bits per heavy atom. The summed E-state index contributed by atoms with van der Waals surface area (Å²) in [5, 5.41) is 0. The molecule has 1 aromatic rings. The van der Waals surface area contributed by atoms with Crippen LogP contribution in [-0.4, -0.2) is 23.3 Å². The van der Waals surface area contributed by atoms with E-state index in [1.54, 1.807) is 6.07 Å². The molecule has 18 heavy (non-hydrogen) atoms. The first-order valence-corrected chi connectivity index (χ1v) is 5.86. The summed E-state index contributed by atoms with van der Waals surface area (Å²) in [6, 6.07) is 4.26.